The summed E-state index contributed by atoms with van der Waals surface area (Å²) in [6.07, 6.45) is -3.15. The Labute approximate surface area is 168 Å². The summed E-state index contributed by atoms with van der Waals surface area (Å²) in [5, 5.41) is 20.6. The van der Waals surface area contributed by atoms with E-state index in [0.717, 1.165) is 23.8 Å². The van der Waals surface area contributed by atoms with Gasteiger partial charge in [-0.3, -0.25) is 23.4 Å². The summed E-state index contributed by atoms with van der Waals surface area (Å²) in [7, 11) is -4.25. The Balaban J connectivity index is 1.55. The Kier molecular flexibility index (Phi) is 4.96. The normalized spacial score (nSPS) is 35.6. The van der Waals surface area contributed by atoms with E-state index in [1.165, 1.54) is 6.07 Å². The number of phosphoric ester groups is 1. The van der Waals surface area contributed by atoms with Crippen molar-refractivity contribution in [2.75, 3.05) is 6.61 Å². The number of para-hydroxylation sites is 1. The number of benzene rings is 1. The highest BCUT2D eigenvalue weighted by Gasteiger charge is 2.63. The van der Waals surface area contributed by atoms with Crippen LogP contribution in [0.2, 0.25) is 0 Å². The number of aliphatic hydroxyl groups excluding tert-OH is 2. The quantitative estimate of drug-likeness (QED) is 0.568. The molecule has 1 aromatic carbocycles. The number of hydrogen-bond donors (Lipinski definition) is 3. The van der Waals surface area contributed by atoms with Crippen molar-refractivity contribution in [1.29, 1.82) is 0 Å². The van der Waals surface area contributed by atoms with E-state index in [9.17, 15) is 24.4 Å². The van der Waals surface area contributed by atoms with E-state index < -0.39 is 49.5 Å². The summed E-state index contributed by atoms with van der Waals surface area (Å²) >= 11 is 0. The summed E-state index contributed by atoms with van der Waals surface area (Å²) in [6.45, 7) is -0.116. The summed E-state index contributed by atoms with van der Waals surface area (Å²) in [5.74, 6) is -2.84. The molecule has 13 heteroatoms. The van der Waals surface area contributed by atoms with Gasteiger partial charge in [-0.05, 0) is 13.0 Å². The van der Waals surface area contributed by atoms with E-state index in [1.54, 1.807) is 18.2 Å². The minimum absolute atomic E-state index is 0.108. The number of hydrogen-bond acceptors (Lipinski definition) is 9. The Hall–Kier alpha value is -2.34. The van der Waals surface area contributed by atoms with E-state index in [4.69, 9.17) is 18.3 Å². The smallest absolute Gasteiger partial charge is 0.404 e. The van der Waals surface area contributed by atoms with Crippen molar-refractivity contribution in [1.82, 2.24) is 9.55 Å². The third kappa shape index (κ3) is 3.41. The molecule has 2 aromatic rings. The first-order valence-corrected chi connectivity index (χ1v) is 10.3. The van der Waals surface area contributed by atoms with E-state index in [2.05, 4.69) is 0 Å². The predicted molar refractivity (Wildman–Crippen MR) is 97.3 cm³/mol. The number of H-pyrrole nitrogens is 1. The van der Waals surface area contributed by atoms with Gasteiger partial charge in [0.2, 0.25) is 0 Å². The number of nitrogens with zero attached hydrogens (tertiary/aromatic N) is 1. The lowest BCUT2D eigenvalue weighted by molar-refractivity contribution is -0.238. The zero-order valence-electron chi connectivity index (χ0n) is 15.6. The second-order valence-electron chi connectivity index (χ2n) is 7.01. The lowest BCUT2D eigenvalue weighted by Gasteiger charge is -2.30. The van der Waals surface area contributed by atoms with Gasteiger partial charge in [0.25, 0.3) is 11.4 Å². The van der Waals surface area contributed by atoms with Crippen LogP contribution in [0, 0.1) is 0 Å². The Morgan fingerprint density at radius 1 is 1.30 bits per heavy atom. The van der Waals surface area contributed by atoms with Gasteiger partial charge in [0, 0.05) is 17.8 Å². The first kappa shape index (κ1) is 20.9. The molecule has 162 valence electrons. The van der Waals surface area contributed by atoms with Gasteiger partial charge in [-0.15, -0.1) is 0 Å². The van der Waals surface area contributed by atoms with Gasteiger partial charge < -0.3 is 19.5 Å². The van der Waals surface area contributed by atoms with Crippen molar-refractivity contribution in [3.63, 3.8) is 0 Å². The molecule has 2 aliphatic rings. The van der Waals surface area contributed by atoms with Crippen molar-refractivity contribution >= 4 is 7.82 Å². The van der Waals surface area contributed by atoms with Gasteiger partial charge in [0.1, 0.15) is 24.6 Å². The van der Waals surface area contributed by atoms with E-state index in [-0.39, 0.29) is 12.4 Å². The average Bonchev–Trinajstić information content (AvgIpc) is 2.87. The highest BCUT2D eigenvalue weighted by atomic mass is 31.2. The predicted octanol–water partition coefficient (Wildman–Crippen LogP) is 0.361. The molecule has 1 saturated heterocycles. The molecule has 1 aromatic heterocycles. The Morgan fingerprint density at radius 3 is 2.77 bits per heavy atom. The number of ether oxygens (including phenoxy) is 1. The fourth-order valence-corrected chi connectivity index (χ4v) is 4.53. The zero-order valence-corrected chi connectivity index (χ0v) is 16.5. The molecule has 0 bridgehead atoms. The molecule has 2 aliphatic heterocycles. The summed E-state index contributed by atoms with van der Waals surface area (Å²) in [6, 6.07) is 7.54. The second kappa shape index (κ2) is 7.12. The number of aromatic nitrogens is 2. The molecular formula is C17H18FN2O9P. The largest absolute Gasteiger partial charge is 0.530 e. The molecule has 5 atom stereocenters. The van der Waals surface area contributed by atoms with Crippen LogP contribution in [0.5, 0.6) is 5.75 Å². The highest BCUT2D eigenvalue weighted by molar-refractivity contribution is 7.49. The molecule has 3 heterocycles. The molecule has 0 spiro atoms. The first-order chi connectivity index (χ1) is 14.1. The molecule has 11 nitrogen and oxygen atoms in total. The van der Waals surface area contributed by atoms with Crippen LogP contribution in [0.25, 0.3) is 0 Å². The summed E-state index contributed by atoms with van der Waals surface area (Å²) in [5.41, 5.74) is -3.20. The third-order valence-corrected chi connectivity index (χ3v) is 6.26. The zero-order chi connectivity index (χ0) is 21.7. The Bertz CT molecular complexity index is 1140. The molecule has 1 fully saturated rings. The average molecular weight is 444 g/mol. The van der Waals surface area contributed by atoms with Gasteiger partial charge in [-0.2, -0.15) is 0 Å². The molecule has 1 unspecified atom stereocenters. The molecule has 0 saturated carbocycles. The molecule has 30 heavy (non-hydrogen) atoms. The van der Waals surface area contributed by atoms with Gasteiger partial charge in [-0.1, -0.05) is 18.2 Å². The topological polar surface area (TPSA) is 149 Å². The maximum absolute atomic E-state index is 15.4. The monoisotopic (exact) mass is 444 g/mol. The fourth-order valence-electron chi connectivity index (χ4n) is 3.30. The lowest BCUT2D eigenvalue weighted by Crippen LogP contribution is -2.49. The second-order valence-corrected chi connectivity index (χ2v) is 8.60. The number of halogens is 1. The lowest BCUT2D eigenvalue weighted by atomic mass is 10.0. The number of phosphoric acid groups is 1. The number of fused-ring (bicyclic) bond motifs is 1. The highest BCUT2D eigenvalue weighted by Crippen LogP contribution is 2.55. The van der Waals surface area contributed by atoms with Crippen molar-refractivity contribution in [3.05, 3.63) is 62.9 Å². The van der Waals surface area contributed by atoms with Crippen molar-refractivity contribution < 1.29 is 37.5 Å². The van der Waals surface area contributed by atoms with E-state index in [0.29, 0.717) is 5.56 Å². The summed E-state index contributed by atoms with van der Waals surface area (Å²) in [4.78, 5) is 25.3. The van der Waals surface area contributed by atoms with Crippen LogP contribution in [0.4, 0.5) is 4.39 Å². The van der Waals surface area contributed by atoms with Crippen LogP contribution >= 0.6 is 7.82 Å². The molecular weight excluding hydrogens is 426 g/mol. The van der Waals surface area contributed by atoms with Crippen LogP contribution in [-0.2, 0) is 30.7 Å². The SMILES string of the molecule is C[C@@]1(n2ccc(=O)[nH]c2=O)O[C@](F)(COP2(=O)OCc3ccccc3O2)[C@@H](O)[C@H]1O. The van der Waals surface area contributed by atoms with Gasteiger partial charge >= 0.3 is 13.5 Å². The molecule has 0 radical (unpaired) electrons. The Morgan fingerprint density at radius 2 is 2.03 bits per heavy atom. The van der Waals surface area contributed by atoms with Crippen LogP contribution in [-0.4, -0.2) is 44.4 Å². The van der Waals surface area contributed by atoms with Crippen LogP contribution in [0.1, 0.15) is 12.5 Å². The minimum atomic E-state index is -4.25. The maximum Gasteiger partial charge on any atom is 0.530 e. The van der Waals surface area contributed by atoms with Crippen LogP contribution in [0.3, 0.4) is 0 Å². The number of nitrogens with one attached hydrogen (secondary N) is 1. The molecule has 0 aliphatic carbocycles. The number of aromatic amines is 1. The van der Waals surface area contributed by atoms with Crippen molar-refractivity contribution in [2.45, 2.75) is 37.3 Å². The first-order valence-electron chi connectivity index (χ1n) is 8.81. The fraction of sp³-hybridized carbons (Fsp3) is 0.412. The number of rotatable bonds is 4. The van der Waals surface area contributed by atoms with Gasteiger partial charge in [0.15, 0.2) is 5.72 Å². The third-order valence-electron chi connectivity index (χ3n) is 4.95. The van der Waals surface area contributed by atoms with Crippen molar-refractivity contribution in [2.24, 2.45) is 0 Å². The van der Waals surface area contributed by atoms with Gasteiger partial charge in [-0.25, -0.2) is 13.8 Å². The number of alkyl halides is 1. The standard InChI is InChI=1S/C17H18FN2O9P/c1-16(20-7-6-12(21)19-15(20)24)13(22)14(23)17(18,29-16)9-27-30(25)26-8-10-4-2-3-5-11(10)28-30/h2-7,13-14,22-23H,8-9H2,1H3,(H,19,21,24)/t13-,14+,16-,17-,30?/m1/s1. The maximum atomic E-state index is 15.4. The van der Waals surface area contributed by atoms with E-state index in [1.807, 2.05) is 4.98 Å². The van der Waals surface area contributed by atoms with Gasteiger partial charge in [0.05, 0.1) is 6.61 Å². The number of aliphatic hydroxyl groups is 2. The minimum Gasteiger partial charge on any atom is -0.404 e. The molecule has 3 N–H and O–H groups in total. The molecule has 0 amide bonds. The van der Waals surface area contributed by atoms with Crippen molar-refractivity contribution in [3.8, 4) is 5.75 Å². The van der Waals surface area contributed by atoms with Crippen LogP contribution < -0.4 is 15.8 Å². The van der Waals surface area contributed by atoms with E-state index >= 15 is 4.39 Å². The molecule has 4 rings (SSSR count). The summed E-state index contributed by atoms with van der Waals surface area (Å²) < 4.78 is 49.3. The van der Waals surface area contributed by atoms with Crippen LogP contribution in [0.15, 0.2) is 46.1 Å².